The van der Waals surface area contributed by atoms with Gasteiger partial charge in [-0.3, -0.25) is 0 Å². The number of aliphatic hydroxyl groups is 1. The summed E-state index contributed by atoms with van der Waals surface area (Å²) in [5.41, 5.74) is 0. The van der Waals surface area contributed by atoms with Gasteiger partial charge in [0.25, 0.3) is 0 Å². The first kappa shape index (κ1) is 10.4. The van der Waals surface area contributed by atoms with Crippen LogP contribution >= 0.6 is 23.4 Å². The molecule has 6 heteroatoms. The SMILES string of the molecule is OCCSC(Cl)C(F)(F)F. The van der Waals surface area contributed by atoms with Gasteiger partial charge in [-0.2, -0.15) is 13.2 Å². The lowest BCUT2D eigenvalue weighted by molar-refractivity contribution is -0.113. The van der Waals surface area contributed by atoms with E-state index in [-0.39, 0.29) is 12.4 Å². The van der Waals surface area contributed by atoms with Gasteiger partial charge in [0.15, 0.2) is 4.71 Å². The molecule has 1 atom stereocenters. The molecule has 1 unspecified atom stereocenters. The number of halogens is 4. The van der Waals surface area contributed by atoms with Gasteiger partial charge >= 0.3 is 6.18 Å². The third kappa shape index (κ3) is 4.24. The van der Waals surface area contributed by atoms with Crippen LogP contribution in [0.1, 0.15) is 0 Å². The molecular formula is C4H6ClF3OS. The van der Waals surface area contributed by atoms with Crippen LogP contribution in [0.5, 0.6) is 0 Å². The van der Waals surface area contributed by atoms with Gasteiger partial charge in [-0.05, 0) is 0 Å². The van der Waals surface area contributed by atoms with Crippen LogP contribution in [0.2, 0.25) is 0 Å². The second-order valence-corrected chi connectivity index (χ2v) is 3.36. The molecule has 0 amide bonds. The first-order valence-corrected chi connectivity index (χ1v) is 3.90. The molecule has 0 aromatic heterocycles. The van der Waals surface area contributed by atoms with Crippen LogP contribution in [0.25, 0.3) is 0 Å². The van der Waals surface area contributed by atoms with Gasteiger partial charge in [0.05, 0.1) is 6.61 Å². The van der Waals surface area contributed by atoms with Crippen molar-refractivity contribution in [2.45, 2.75) is 10.9 Å². The average Bonchev–Trinajstić information content (AvgIpc) is 1.80. The van der Waals surface area contributed by atoms with Gasteiger partial charge in [-0.15, -0.1) is 23.4 Å². The molecule has 10 heavy (non-hydrogen) atoms. The van der Waals surface area contributed by atoms with Crippen molar-refractivity contribution in [1.29, 1.82) is 0 Å². The Hall–Kier alpha value is 0.390. The number of hydrogen-bond donors (Lipinski definition) is 1. The summed E-state index contributed by atoms with van der Waals surface area (Å²) in [6.07, 6.45) is -4.37. The molecule has 0 aliphatic heterocycles. The number of rotatable bonds is 3. The standard InChI is InChI=1S/C4H6ClF3OS/c5-3(4(6,7)8)10-2-1-9/h3,9H,1-2H2. The molecule has 0 aromatic rings. The van der Waals surface area contributed by atoms with Crippen molar-refractivity contribution in [2.24, 2.45) is 0 Å². The number of thioether (sulfide) groups is 1. The summed E-state index contributed by atoms with van der Waals surface area (Å²) < 4.78 is 32.7. The van der Waals surface area contributed by atoms with Crippen molar-refractivity contribution in [3.05, 3.63) is 0 Å². The minimum absolute atomic E-state index is 0.00762. The Morgan fingerprint density at radius 2 is 2.00 bits per heavy atom. The van der Waals surface area contributed by atoms with Crippen molar-refractivity contribution in [2.75, 3.05) is 12.4 Å². The Kier molecular flexibility index (Phi) is 4.47. The van der Waals surface area contributed by atoms with E-state index in [9.17, 15) is 13.2 Å². The van der Waals surface area contributed by atoms with Crippen molar-refractivity contribution in [3.8, 4) is 0 Å². The Bertz CT molecular complexity index is 97.0. The molecule has 0 rings (SSSR count). The highest BCUT2D eigenvalue weighted by Gasteiger charge is 2.38. The van der Waals surface area contributed by atoms with Gasteiger partial charge < -0.3 is 5.11 Å². The van der Waals surface area contributed by atoms with Gasteiger partial charge in [0.2, 0.25) is 0 Å². The van der Waals surface area contributed by atoms with E-state index in [0.29, 0.717) is 11.8 Å². The highest BCUT2D eigenvalue weighted by Crippen LogP contribution is 2.32. The summed E-state index contributed by atoms with van der Waals surface area (Å²) in [4.78, 5) is 0. The lowest BCUT2D eigenvalue weighted by Gasteiger charge is -2.11. The Morgan fingerprint density at radius 1 is 1.50 bits per heavy atom. The fraction of sp³-hybridized carbons (Fsp3) is 1.00. The fourth-order valence-corrected chi connectivity index (χ4v) is 1.02. The summed E-state index contributed by atoms with van der Waals surface area (Å²) in [7, 11) is 0. The average molecular weight is 195 g/mol. The molecule has 0 saturated carbocycles. The molecule has 62 valence electrons. The zero-order chi connectivity index (χ0) is 8.20. The Balaban J connectivity index is 3.52. The first-order chi connectivity index (χ1) is 4.48. The van der Waals surface area contributed by atoms with Crippen molar-refractivity contribution in [1.82, 2.24) is 0 Å². The minimum atomic E-state index is -4.37. The van der Waals surface area contributed by atoms with Crippen LogP contribution in [0.4, 0.5) is 13.2 Å². The predicted octanol–water partition coefficient (Wildman–Crippen LogP) is 1.84. The summed E-state index contributed by atoms with van der Waals surface area (Å²) in [5.74, 6) is 0.00762. The number of alkyl halides is 4. The van der Waals surface area contributed by atoms with Crippen LogP contribution in [-0.2, 0) is 0 Å². The molecule has 1 N–H and O–H groups in total. The van der Waals surface area contributed by atoms with Gasteiger partial charge in [0.1, 0.15) is 0 Å². The van der Waals surface area contributed by atoms with Gasteiger partial charge in [-0.25, -0.2) is 0 Å². The lowest BCUT2D eigenvalue weighted by atomic mass is 10.8. The molecule has 0 radical (unpaired) electrons. The third-order valence-electron chi connectivity index (χ3n) is 0.613. The first-order valence-electron chi connectivity index (χ1n) is 2.41. The normalized spacial score (nSPS) is 15.3. The van der Waals surface area contributed by atoms with E-state index in [2.05, 4.69) is 0 Å². The maximum atomic E-state index is 11.5. The molecule has 0 spiro atoms. The third-order valence-corrected chi connectivity index (χ3v) is 2.22. The van der Waals surface area contributed by atoms with Crippen LogP contribution in [-0.4, -0.2) is 28.4 Å². The Morgan fingerprint density at radius 3 is 2.30 bits per heavy atom. The van der Waals surface area contributed by atoms with Crippen molar-refractivity contribution in [3.63, 3.8) is 0 Å². The topological polar surface area (TPSA) is 20.2 Å². The molecule has 0 heterocycles. The van der Waals surface area contributed by atoms with E-state index in [1.807, 2.05) is 0 Å². The zero-order valence-electron chi connectivity index (χ0n) is 4.86. The number of aliphatic hydroxyl groups excluding tert-OH is 1. The molecule has 1 nitrogen and oxygen atoms in total. The number of hydrogen-bond acceptors (Lipinski definition) is 2. The molecular weight excluding hydrogens is 189 g/mol. The van der Waals surface area contributed by atoms with Crippen LogP contribution in [0.3, 0.4) is 0 Å². The highest BCUT2D eigenvalue weighted by atomic mass is 35.5. The van der Waals surface area contributed by atoms with Gasteiger partial charge in [0, 0.05) is 5.75 Å². The van der Waals surface area contributed by atoms with Crippen molar-refractivity contribution < 1.29 is 18.3 Å². The van der Waals surface area contributed by atoms with Crippen LogP contribution in [0, 0.1) is 0 Å². The summed E-state index contributed by atoms with van der Waals surface area (Å²) >= 11 is 5.34. The summed E-state index contributed by atoms with van der Waals surface area (Å²) in [5, 5.41) is 8.13. The van der Waals surface area contributed by atoms with Gasteiger partial charge in [-0.1, -0.05) is 0 Å². The minimum Gasteiger partial charge on any atom is -0.396 e. The molecule has 0 fully saturated rings. The second-order valence-electron chi connectivity index (χ2n) is 1.45. The van der Waals surface area contributed by atoms with E-state index < -0.39 is 10.9 Å². The van der Waals surface area contributed by atoms with E-state index in [1.54, 1.807) is 0 Å². The zero-order valence-corrected chi connectivity index (χ0v) is 6.43. The van der Waals surface area contributed by atoms with E-state index in [0.717, 1.165) is 0 Å². The monoisotopic (exact) mass is 194 g/mol. The maximum absolute atomic E-state index is 11.5. The van der Waals surface area contributed by atoms with E-state index in [4.69, 9.17) is 16.7 Å². The predicted molar refractivity (Wildman–Crippen MR) is 35.2 cm³/mol. The van der Waals surface area contributed by atoms with Crippen molar-refractivity contribution >= 4 is 23.4 Å². The quantitative estimate of drug-likeness (QED) is 0.692. The molecule has 0 aromatic carbocycles. The summed E-state index contributed by atoms with van der Waals surface area (Å²) in [6.45, 7) is -0.288. The van der Waals surface area contributed by atoms with Crippen LogP contribution < -0.4 is 0 Å². The highest BCUT2D eigenvalue weighted by molar-refractivity contribution is 8.01. The summed E-state index contributed by atoms with van der Waals surface area (Å²) in [6, 6.07) is 0. The maximum Gasteiger partial charge on any atom is 0.413 e. The van der Waals surface area contributed by atoms with E-state index in [1.165, 1.54) is 0 Å². The smallest absolute Gasteiger partial charge is 0.396 e. The Labute approximate surface area is 65.6 Å². The van der Waals surface area contributed by atoms with Crippen LogP contribution in [0.15, 0.2) is 0 Å². The van der Waals surface area contributed by atoms with E-state index >= 15 is 0 Å². The fourth-order valence-electron chi connectivity index (χ4n) is 0.251. The molecule has 0 aliphatic rings. The second kappa shape index (κ2) is 4.31. The lowest BCUT2D eigenvalue weighted by Crippen LogP contribution is -2.20. The largest absolute Gasteiger partial charge is 0.413 e. The molecule has 0 aliphatic carbocycles. The molecule has 0 saturated heterocycles. The molecule has 0 bridgehead atoms.